The number of anilines is 3. The lowest BCUT2D eigenvalue weighted by Gasteiger charge is -2.34. The van der Waals surface area contributed by atoms with E-state index in [4.69, 9.17) is 0 Å². The fourth-order valence-corrected chi connectivity index (χ4v) is 5.11. The molecule has 1 amide bonds. The molecule has 0 atom stereocenters. The van der Waals surface area contributed by atoms with E-state index < -0.39 is 0 Å². The molecule has 1 saturated heterocycles. The molecule has 0 spiro atoms. The molecule has 4 rings (SSSR count). The fraction of sp³-hybridized carbons (Fsp3) is 0.381. The highest BCUT2D eigenvalue weighted by molar-refractivity contribution is 8.01. The van der Waals surface area contributed by atoms with Crippen molar-refractivity contribution >= 4 is 45.8 Å². The molecule has 2 aromatic heterocycles. The van der Waals surface area contributed by atoms with E-state index in [9.17, 15) is 4.79 Å². The van der Waals surface area contributed by atoms with Crippen LogP contribution in [0.3, 0.4) is 0 Å². The summed E-state index contributed by atoms with van der Waals surface area (Å²) in [5, 5.41) is 12.6. The van der Waals surface area contributed by atoms with Gasteiger partial charge in [-0.15, -0.1) is 10.2 Å². The van der Waals surface area contributed by atoms with Gasteiger partial charge in [0.2, 0.25) is 17.0 Å². The Morgan fingerprint density at radius 1 is 1.13 bits per heavy atom. The molecule has 1 aliphatic rings. The van der Waals surface area contributed by atoms with Gasteiger partial charge < -0.3 is 15.1 Å². The predicted octanol–water partition coefficient (Wildman–Crippen LogP) is 3.38. The molecule has 1 N–H and O–H groups in total. The molecule has 0 aliphatic carbocycles. The van der Waals surface area contributed by atoms with E-state index in [1.54, 1.807) is 18.5 Å². The van der Waals surface area contributed by atoms with Crippen LogP contribution < -0.4 is 10.2 Å². The first-order chi connectivity index (χ1) is 15.1. The third-order valence-corrected chi connectivity index (χ3v) is 7.12. The number of nitrogens with zero attached hydrogens (tertiary/aromatic N) is 6. The summed E-state index contributed by atoms with van der Waals surface area (Å²) in [6, 6.07) is 8.08. The summed E-state index contributed by atoms with van der Waals surface area (Å²) in [6.45, 7) is 7.05. The first-order valence-corrected chi connectivity index (χ1v) is 12.1. The van der Waals surface area contributed by atoms with Crippen LogP contribution in [0.25, 0.3) is 0 Å². The number of carbonyl (C=O) groups excluding carboxylic acids is 1. The van der Waals surface area contributed by atoms with Crippen LogP contribution in [0.2, 0.25) is 0 Å². The van der Waals surface area contributed by atoms with Crippen molar-refractivity contribution in [2.24, 2.45) is 0 Å². The summed E-state index contributed by atoms with van der Waals surface area (Å²) in [5.74, 6) is 1.20. The average Bonchev–Trinajstić information content (AvgIpc) is 3.27. The third kappa shape index (κ3) is 5.31. The Kier molecular flexibility index (Phi) is 6.98. The van der Waals surface area contributed by atoms with Crippen LogP contribution in [0.1, 0.15) is 18.1 Å². The standard InChI is InChI=1S/C21H25N7OS2/c1-3-16-7-4-6-15(2)18(16)24-20-25-26-21(31-20)30-14-17(29)27-10-12-28(13-11-27)19-22-8-5-9-23-19/h4-9H,3,10-14H2,1-2H3,(H,24,25). The largest absolute Gasteiger partial charge is 0.338 e. The van der Waals surface area contributed by atoms with E-state index in [2.05, 4.69) is 62.4 Å². The topological polar surface area (TPSA) is 87.1 Å². The van der Waals surface area contributed by atoms with Crippen molar-refractivity contribution in [3.8, 4) is 0 Å². The Bertz CT molecular complexity index is 1020. The molecule has 1 fully saturated rings. The quantitative estimate of drug-likeness (QED) is 0.543. The van der Waals surface area contributed by atoms with Crippen molar-refractivity contribution in [3.05, 3.63) is 47.8 Å². The Morgan fingerprint density at radius 3 is 2.65 bits per heavy atom. The fourth-order valence-electron chi connectivity index (χ4n) is 3.45. The second kappa shape index (κ2) is 10.1. The highest BCUT2D eigenvalue weighted by Crippen LogP contribution is 2.30. The van der Waals surface area contributed by atoms with E-state index >= 15 is 0 Å². The summed E-state index contributed by atoms with van der Waals surface area (Å²) < 4.78 is 0.791. The van der Waals surface area contributed by atoms with Gasteiger partial charge in [-0.25, -0.2) is 9.97 Å². The Hall–Kier alpha value is -2.72. The second-order valence-corrected chi connectivity index (χ2v) is 9.37. The maximum Gasteiger partial charge on any atom is 0.233 e. The molecular weight excluding hydrogens is 430 g/mol. The number of hydrogen-bond donors (Lipinski definition) is 1. The third-order valence-electron chi connectivity index (χ3n) is 5.16. The minimum atomic E-state index is 0.121. The highest BCUT2D eigenvalue weighted by Gasteiger charge is 2.22. The van der Waals surface area contributed by atoms with Crippen molar-refractivity contribution in [1.82, 2.24) is 25.1 Å². The van der Waals surface area contributed by atoms with Crippen molar-refractivity contribution in [3.63, 3.8) is 0 Å². The molecule has 1 aromatic carbocycles. The van der Waals surface area contributed by atoms with Gasteiger partial charge in [0.15, 0.2) is 4.34 Å². The number of thioether (sulfide) groups is 1. The first-order valence-electron chi connectivity index (χ1n) is 10.3. The molecule has 0 saturated carbocycles. The predicted molar refractivity (Wildman–Crippen MR) is 125 cm³/mol. The molecule has 10 heteroatoms. The molecule has 162 valence electrons. The SMILES string of the molecule is CCc1cccc(C)c1Nc1nnc(SCC(=O)N2CCN(c3ncccn3)CC2)s1. The van der Waals surface area contributed by atoms with E-state index in [0.29, 0.717) is 18.8 Å². The number of rotatable bonds is 7. The van der Waals surface area contributed by atoms with Crippen LogP contribution in [-0.4, -0.2) is 62.9 Å². The Labute approximate surface area is 190 Å². The zero-order chi connectivity index (χ0) is 21.6. The minimum Gasteiger partial charge on any atom is -0.338 e. The van der Waals surface area contributed by atoms with Gasteiger partial charge in [0.05, 0.1) is 5.75 Å². The first kappa shape index (κ1) is 21.5. The number of para-hydroxylation sites is 1. The van der Waals surface area contributed by atoms with Gasteiger partial charge in [-0.3, -0.25) is 4.79 Å². The lowest BCUT2D eigenvalue weighted by atomic mass is 10.1. The molecule has 0 radical (unpaired) electrons. The molecule has 8 nitrogen and oxygen atoms in total. The lowest BCUT2D eigenvalue weighted by Crippen LogP contribution is -2.49. The van der Waals surface area contributed by atoms with Crippen molar-refractivity contribution < 1.29 is 4.79 Å². The summed E-state index contributed by atoms with van der Waals surface area (Å²) in [7, 11) is 0. The van der Waals surface area contributed by atoms with Crippen LogP contribution in [-0.2, 0) is 11.2 Å². The number of carbonyl (C=O) groups is 1. The molecule has 3 aromatic rings. The van der Waals surface area contributed by atoms with Crippen molar-refractivity contribution in [1.29, 1.82) is 0 Å². The Morgan fingerprint density at radius 2 is 1.90 bits per heavy atom. The van der Waals surface area contributed by atoms with Gasteiger partial charge in [0.25, 0.3) is 0 Å². The minimum absolute atomic E-state index is 0.121. The molecule has 31 heavy (non-hydrogen) atoms. The van der Waals surface area contributed by atoms with E-state index in [1.807, 2.05) is 4.90 Å². The summed E-state index contributed by atoms with van der Waals surface area (Å²) in [6.07, 6.45) is 4.43. The molecule has 0 bridgehead atoms. The second-order valence-electron chi connectivity index (χ2n) is 7.17. The zero-order valence-corrected chi connectivity index (χ0v) is 19.2. The van der Waals surface area contributed by atoms with Crippen LogP contribution in [0, 0.1) is 6.92 Å². The Balaban J connectivity index is 1.28. The maximum absolute atomic E-state index is 12.6. The number of amides is 1. The van der Waals surface area contributed by atoms with Crippen LogP contribution >= 0.6 is 23.1 Å². The number of piperazine rings is 1. The summed E-state index contributed by atoms with van der Waals surface area (Å²) >= 11 is 2.92. The number of hydrogen-bond acceptors (Lipinski definition) is 9. The molecule has 3 heterocycles. The zero-order valence-electron chi connectivity index (χ0n) is 17.6. The maximum atomic E-state index is 12.6. The monoisotopic (exact) mass is 455 g/mol. The van der Waals surface area contributed by atoms with E-state index in [-0.39, 0.29) is 5.91 Å². The van der Waals surface area contributed by atoms with E-state index in [0.717, 1.165) is 40.6 Å². The highest BCUT2D eigenvalue weighted by atomic mass is 32.2. The van der Waals surface area contributed by atoms with Gasteiger partial charge >= 0.3 is 0 Å². The van der Waals surface area contributed by atoms with Crippen LogP contribution in [0.4, 0.5) is 16.8 Å². The molecule has 1 aliphatic heterocycles. The van der Waals surface area contributed by atoms with Crippen LogP contribution in [0.5, 0.6) is 0 Å². The van der Waals surface area contributed by atoms with Crippen LogP contribution in [0.15, 0.2) is 41.0 Å². The number of aryl methyl sites for hydroxylation is 2. The summed E-state index contributed by atoms with van der Waals surface area (Å²) in [4.78, 5) is 25.2. The lowest BCUT2D eigenvalue weighted by molar-refractivity contribution is -0.128. The molecule has 0 unspecified atom stereocenters. The van der Waals surface area contributed by atoms with Crippen molar-refractivity contribution in [2.45, 2.75) is 24.6 Å². The van der Waals surface area contributed by atoms with E-state index in [1.165, 1.54) is 34.2 Å². The van der Waals surface area contributed by atoms with Gasteiger partial charge in [0.1, 0.15) is 0 Å². The van der Waals surface area contributed by atoms with Gasteiger partial charge in [-0.05, 0) is 30.5 Å². The average molecular weight is 456 g/mol. The summed E-state index contributed by atoms with van der Waals surface area (Å²) in [5.41, 5.74) is 3.52. The molecular formula is C21H25N7OS2. The van der Waals surface area contributed by atoms with Gasteiger partial charge in [-0.2, -0.15) is 0 Å². The van der Waals surface area contributed by atoms with Gasteiger partial charge in [-0.1, -0.05) is 48.2 Å². The number of aromatic nitrogens is 4. The van der Waals surface area contributed by atoms with Crippen molar-refractivity contribution in [2.75, 3.05) is 42.1 Å². The number of benzene rings is 1. The number of nitrogens with one attached hydrogen (secondary N) is 1. The van der Waals surface area contributed by atoms with Gasteiger partial charge in [0, 0.05) is 44.3 Å². The smallest absolute Gasteiger partial charge is 0.233 e. The normalized spacial score (nSPS) is 14.0.